The number of nitrogens with zero attached hydrogens (tertiary/aromatic N) is 1. The van der Waals surface area contributed by atoms with Gasteiger partial charge in [-0.05, 0) is 50.6 Å². The van der Waals surface area contributed by atoms with Crippen molar-refractivity contribution in [1.82, 2.24) is 4.98 Å². The number of halogens is 1. The summed E-state index contributed by atoms with van der Waals surface area (Å²) in [5.41, 5.74) is 3.00. The van der Waals surface area contributed by atoms with Gasteiger partial charge in [-0.25, -0.2) is 0 Å². The molecule has 0 radical (unpaired) electrons. The zero-order valence-corrected chi connectivity index (χ0v) is 19.8. The van der Waals surface area contributed by atoms with Crippen LogP contribution in [0.3, 0.4) is 0 Å². The second-order valence-electron chi connectivity index (χ2n) is 7.18. The predicted octanol–water partition coefficient (Wildman–Crippen LogP) is 6.19. The van der Waals surface area contributed by atoms with Gasteiger partial charge in [0.25, 0.3) is 0 Å². The quantitative estimate of drug-likeness (QED) is 0.292. The smallest absolute Gasteiger partial charge is 0.175 e. The number of fused-ring (bicyclic) bond motifs is 1. The normalized spacial score (nSPS) is 10.8. The minimum absolute atomic E-state index is 0.435. The van der Waals surface area contributed by atoms with Gasteiger partial charge in [0, 0.05) is 18.0 Å². The summed E-state index contributed by atoms with van der Waals surface area (Å²) >= 11 is 3.67. The highest BCUT2D eigenvalue weighted by Gasteiger charge is 2.18. The summed E-state index contributed by atoms with van der Waals surface area (Å²) in [6, 6.07) is 19.9. The van der Waals surface area contributed by atoms with E-state index in [0.717, 1.165) is 32.1 Å². The average Bonchev–Trinajstić information content (AvgIpc) is 2.84. The van der Waals surface area contributed by atoms with Gasteiger partial charge in [-0.1, -0.05) is 42.5 Å². The Bertz CT molecular complexity index is 1230. The van der Waals surface area contributed by atoms with E-state index < -0.39 is 0 Å². The first-order chi connectivity index (χ1) is 15.7. The van der Waals surface area contributed by atoms with Crippen molar-refractivity contribution in [2.75, 3.05) is 21.3 Å². The Morgan fingerprint density at radius 2 is 1.50 bits per heavy atom. The molecule has 0 unspecified atom stereocenters. The summed E-state index contributed by atoms with van der Waals surface area (Å²) in [4.78, 5) is 4.70. The van der Waals surface area contributed by atoms with Crippen LogP contribution in [0.4, 0.5) is 0 Å². The molecule has 0 spiro atoms. The van der Waals surface area contributed by atoms with Crippen LogP contribution in [0.25, 0.3) is 10.8 Å². The first-order valence-corrected chi connectivity index (χ1v) is 11.0. The number of ether oxygens (including phenoxy) is 4. The standard InChI is InChI=1S/C26H24BrNO4/c1-29-21-11-9-18-13-14-28-20(15-19-10-12-22(30-2)26(31-3)24(19)27)23(18)25(21)32-16-17-7-5-4-6-8-17/h4-14H,15-16H2,1-3H3. The lowest BCUT2D eigenvalue weighted by Gasteiger charge is -2.17. The van der Waals surface area contributed by atoms with Crippen LogP contribution in [0.15, 0.2) is 71.3 Å². The van der Waals surface area contributed by atoms with Crippen LogP contribution >= 0.6 is 15.9 Å². The zero-order valence-electron chi connectivity index (χ0n) is 18.2. The lowest BCUT2D eigenvalue weighted by Crippen LogP contribution is -2.02. The fraction of sp³-hybridized carbons (Fsp3) is 0.192. The lowest BCUT2D eigenvalue weighted by molar-refractivity contribution is 0.288. The molecule has 4 aromatic rings. The van der Waals surface area contributed by atoms with Crippen molar-refractivity contribution in [2.45, 2.75) is 13.0 Å². The summed E-state index contributed by atoms with van der Waals surface area (Å²) in [5.74, 6) is 2.69. The van der Waals surface area contributed by atoms with Crippen LogP contribution in [0.2, 0.25) is 0 Å². The SMILES string of the molecule is COc1ccc(Cc2nccc3ccc(OC)c(OCc4ccccc4)c23)c(Br)c1OC. The van der Waals surface area contributed by atoms with Crippen molar-refractivity contribution in [1.29, 1.82) is 0 Å². The van der Waals surface area contributed by atoms with E-state index in [2.05, 4.69) is 15.9 Å². The fourth-order valence-corrected chi connectivity index (χ4v) is 4.33. The van der Waals surface area contributed by atoms with E-state index in [1.807, 2.05) is 66.9 Å². The van der Waals surface area contributed by atoms with Crippen LogP contribution in [-0.2, 0) is 13.0 Å². The van der Waals surface area contributed by atoms with Crippen LogP contribution < -0.4 is 18.9 Å². The van der Waals surface area contributed by atoms with Crippen molar-refractivity contribution in [3.8, 4) is 23.0 Å². The first kappa shape index (κ1) is 22.0. The van der Waals surface area contributed by atoms with Crippen molar-refractivity contribution < 1.29 is 18.9 Å². The van der Waals surface area contributed by atoms with E-state index in [1.165, 1.54) is 0 Å². The summed E-state index contributed by atoms with van der Waals surface area (Å²) < 4.78 is 23.7. The zero-order chi connectivity index (χ0) is 22.5. The number of hydrogen-bond donors (Lipinski definition) is 0. The molecule has 0 N–H and O–H groups in total. The molecule has 0 aliphatic rings. The molecular weight excluding hydrogens is 470 g/mol. The largest absolute Gasteiger partial charge is 0.493 e. The molecule has 0 bridgehead atoms. The molecule has 0 saturated heterocycles. The molecule has 5 nitrogen and oxygen atoms in total. The summed E-state index contributed by atoms with van der Waals surface area (Å²) in [6.07, 6.45) is 2.40. The van der Waals surface area contributed by atoms with Crippen molar-refractivity contribution in [3.05, 3.63) is 88.2 Å². The molecule has 0 atom stereocenters. The van der Waals surface area contributed by atoms with Gasteiger partial charge in [-0.15, -0.1) is 0 Å². The third-order valence-electron chi connectivity index (χ3n) is 5.30. The highest BCUT2D eigenvalue weighted by atomic mass is 79.9. The van der Waals surface area contributed by atoms with E-state index in [1.54, 1.807) is 21.3 Å². The summed E-state index contributed by atoms with van der Waals surface area (Å²) in [6.45, 7) is 0.435. The number of aromatic nitrogens is 1. The van der Waals surface area contributed by atoms with Gasteiger partial charge in [0.1, 0.15) is 6.61 Å². The molecule has 3 aromatic carbocycles. The van der Waals surface area contributed by atoms with E-state index in [9.17, 15) is 0 Å². The fourth-order valence-electron chi connectivity index (χ4n) is 3.70. The Morgan fingerprint density at radius 1 is 0.781 bits per heavy atom. The number of rotatable bonds is 8. The van der Waals surface area contributed by atoms with Crippen molar-refractivity contribution in [2.24, 2.45) is 0 Å². The van der Waals surface area contributed by atoms with Gasteiger partial charge in [0.05, 0.1) is 31.5 Å². The second kappa shape index (κ2) is 9.92. The minimum Gasteiger partial charge on any atom is -0.493 e. The molecule has 0 saturated carbocycles. The molecule has 0 fully saturated rings. The molecule has 1 heterocycles. The third-order valence-corrected chi connectivity index (χ3v) is 6.17. The molecule has 6 heteroatoms. The Morgan fingerprint density at radius 3 is 2.22 bits per heavy atom. The number of pyridine rings is 1. The van der Waals surface area contributed by atoms with Gasteiger partial charge in [0.15, 0.2) is 23.0 Å². The van der Waals surface area contributed by atoms with Crippen LogP contribution in [0, 0.1) is 0 Å². The average molecular weight is 494 g/mol. The van der Waals surface area contributed by atoms with E-state index in [4.69, 9.17) is 23.9 Å². The van der Waals surface area contributed by atoms with Gasteiger partial charge >= 0.3 is 0 Å². The number of methoxy groups -OCH3 is 3. The van der Waals surface area contributed by atoms with Gasteiger partial charge < -0.3 is 18.9 Å². The highest BCUT2D eigenvalue weighted by molar-refractivity contribution is 9.10. The lowest BCUT2D eigenvalue weighted by atomic mass is 10.0. The number of benzene rings is 3. The first-order valence-electron chi connectivity index (χ1n) is 10.2. The maximum atomic E-state index is 6.30. The summed E-state index contributed by atoms with van der Waals surface area (Å²) in [7, 11) is 4.90. The Hall–Kier alpha value is -3.25. The van der Waals surface area contributed by atoms with Gasteiger partial charge in [-0.2, -0.15) is 0 Å². The Balaban J connectivity index is 1.79. The van der Waals surface area contributed by atoms with E-state index in [0.29, 0.717) is 36.0 Å². The van der Waals surface area contributed by atoms with Crippen LogP contribution in [0.1, 0.15) is 16.8 Å². The Kier molecular flexibility index (Phi) is 6.81. The third kappa shape index (κ3) is 4.36. The monoisotopic (exact) mass is 493 g/mol. The van der Waals surface area contributed by atoms with Crippen molar-refractivity contribution in [3.63, 3.8) is 0 Å². The van der Waals surface area contributed by atoms with Gasteiger partial charge in [-0.3, -0.25) is 4.98 Å². The molecule has 0 aliphatic carbocycles. The molecule has 0 amide bonds. The maximum Gasteiger partial charge on any atom is 0.175 e. The molecule has 4 rings (SSSR count). The van der Waals surface area contributed by atoms with E-state index in [-0.39, 0.29) is 0 Å². The highest BCUT2D eigenvalue weighted by Crippen LogP contribution is 2.41. The van der Waals surface area contributed by atoms with Crippen LogP contribution in [0.5, 0.6) is 23.0 Å². The second-order valence-corrected chi connectivity index (χ2v) is 7.97. The predicted molar refractivity (Wildman–Crippen MR) is 129 cm³/mol. The number of hydrogen-bond acceptors (Lipinski definition) is 5. The maximum absolute atomic E-state index is 6.30. The minimum atomic E-state index is 0.435. The molecule has 0 aliphatic heterocycles. The molecule has 32 heavy (non-hydrogen) atoms. The van der Waals surface area contributed by atoms with E-state index >= 15 is 0 Å². The molecule has 1 aromatic heterocycles. The molecule has 164 valence electrons. The Labute approximate surface area is 196 Å². The van der Waals surface area contributed by atoms with Crippen LogP contribution in [-0.4, -0.2) is 26.3 Å². The van der Waals surface area contributed by atoms with Crippen molar-refractivity contribution >= 4 is 26.7 Å². The topological polar surface area (TPSA) is 49.8 Å². The summed E-state index contributed by atoms with van der Waals surface area (Å²) in [5, 5.41) is 1.97. The van der Waals surface area contributed by atoms with Gasteiger partial charge in [0.2, 0.25) is 0 Å². The molecular formula is C26H24BrNO4.